The van der Waals surface area contributed by atoms with Crippen LogP contribution < -0.4 is 4.90 Å². The van der Waals surface area contributed by atoms with Crippen LogP contribution in [0.4, 0.5) is 5.69 Å². The molecule has 0 radical (unpaired) electrons. The molecule has 0 atom stereocenters. The first-order valence-corrected chi connectivity index (χ1v) is 10.9. The third-order valence-electron chi connectivity index (χ3n) is 6.11. The standard InChI is InChI=1S/C24H23ClN4O2/c25-22-8-6-18-15-19(5-7-20(18)26-22)24(31)28-13-11-27(12-14-28)16-23(30)29-10-9-17-3-1-2-4-21(17)29/h1-8,15H,9-14,16H2. The van der Waals surface area contributed by atoms with E-state index in [1.807, 2.05) is 46.2 Å². The minimum atomic E-state index is 0.0105. The Balaban J connectivity index is 1.19. The van der Waals surface area contributed by atoms with Gasteiger partial charge < -0.3 is 9.80 Å². The third kappa shape index (κ3) is 4.01. The highest BCUT2D eigenvalue weighted by atomic mass is 35.5. The van der Waals surface area contributed by atoms with Crippen molar-refractivity contribution in [1.29, 1.82) is 0 Å². The Morgan fingerprint density at radius 2 is 1.74 bits per heavy atom. The molecule has 31 heavy (non-hydrogen) atoms. The molecule has 1 aromatic heterocycles. The molecular formula is C24H23ClN4O2. The fourth-order valence-corrected chi connectivity index (χ4v) is 4.55. The van der Waals surface area contributed by atoms with E-state index in [2.05, 4.69) is 16.0 Å². The Labute approximate surface area is 186 Å². The molecule has 2 amide bonds. The number of carbonyl (C=O) groups excluding carboxylic acids is 2. The number of aromatic nitrogens is 1. The van der Waals surface area contributed by atoms with Crippen LogP contribution in [0.3, 0.4) is 0 Å². The van der Waals surface area contributed by atoms with Crippen molar-refractivity contribution in [1.82, 2.24) is 14.8 Å². The van der Waals surface area contributed by atoms with Crippen LogP contribution in [0.5, 0.6) is 0 Å². The summed E-state index contributed by atoms with van der Waals surface area (Å²) in [5.41, 5.74) is 3.69. The van der Waals surface area contributed by atoms with Gasteiger partial charge in [0.1, 0.15) is 5.15 Å². The smallest absolute Gasteiger partial charge is 0.253 e. The first kappa shape index (κ1) is 20.0. The number of amides is 2. The van der Waals surface area contributed by atoms with E-state index in [1.54, 1.807) is 12.1 Å². The summed E-state index contributed by atoms with van der Waals surface area (Å²) in [7, 11) is 0. The van der Waals surface area contributed by atoms with Crippen molar-refractivity contribution in [3.8, 4) is 0 Å². The number of rotatable bonds is 3. The third-order valence-corrected chi connectivity index (χ3v) is 6.32. The fourth-order valence-electron chi connectivity index (χ4n) is 4.40. The molecule has 0 spiro atoms. The zero-order valence-corrected chi connectivity index (χ0v) is 17.9. The zero-order valence-electron chi connectivity index (χ0n) is 17.1. The van der Waals surface area contributed by atoms with Gasteiger partial charge in [-0.05, 0) is 48.4 Å². The summed E-state index contributed by atoms with van der Waals surface area (Å²) in [6, 6.07) is 17.2. The molecule has 6 nitrogen and oxygen atoms in total. The van der Waals surface area contributed by atoms with E-state index < -0.39 is 0 Å². The maximum Gasteiger partial charge on any atom is 0.253 e. The van der Waals surface area contributed by atoms with Crippen LogP contribution >= 0.6 is 11.6 Å². The number of carbonyl (C=O) groups is 2. The highest BCUT2D eigenvalue weighted by Gasteiger charge is 2.28. The van der Waals surface area contributed by atoms with Crippen molar-refractivity contribution < 1.29 is 9.59 Å². The second kappa shape index (κ2) is 8.29. The summed E-state index contributed by atoms with van der Waals surface area (Å²) in [6.07, 6.45) is 0.914. The lowest BCUT2D eigenvalue weighted by molar-refractivity contribution is -0.120. The number of benzene rings is 2. The number of nitrogens with zero attached hydrogens (tertiary/aromatic N) is 4. The largest absolute Gasteiger partial charge is 0.336 e. The fraction of sp³-hybridized carbons (Fsp3) is 0.292. The molecule has 7 heteroatoms. The number of para-hydroxylation sites is 1. The van der Waals surface area contributed by atoms with Crippen LogP contribution in [0.15, 0.2) is 54.6 Å². The normalized spacial score (nSPS) is 16.5. The van der Waals surface area contributed by atoms with Crippen LogP contribution in [-0.2, 0) is 11.2 Å². The minimum Gasteiger partial charge on any atom is -0.336 e. The van der Waals surface area contributed by atoms with Gasteiger partial charge in [-0.25, -0.2) is 4.98 Å². The van der Waals surface area contributed by atoms with Crippen molar-refractivity contribution in [2.24, 2.45) is 0 Å². The molecule has 0 aliphatic carbocycles. The van der Waals surface area contributed by atoms with E-state index in [0.29, 0.717) is 43.4 Å². The number of fused-ring (bicyclic) bond motifs is 2. The van der Waals surface area contributed by atoms with Gasteiger partial charge in [0.05, 0.1) is 12.1 Å². The Morgan fingerprint density at radius 1 is 0.935 bits per heavy atom. The van der Waals surface area contributed by atoms with Gasteiger partial charge in [-0.3, -0.25) is 14.5 Å². The number of halogens is 1. The van der Waals surface area contributed by atoms with Crippen molar-refractivity contribution >= 4 is 40.0 Å². The molecule has 1 saturated heterocycles. The highest BCUT2D eigenvalue weighted by molar-refractivity contribution is 6.29. The van der Waals surface area contributed by atoms with Gasteiger partial charge in [-0.2, -0.15) is 0 Å². The molecule has 0 bridgehead atoms. The van der Waals surface area contributed by atoms with Crippen LogP contribution in [-0.4, -0.2) is 65.9 Å². The predicted molar refractivity (Wildman–Crippen MR) is 122 cm³/mol. The van der Waals surface area contributed by atoms with Crippen molar-refractivity contribution in [3.63, 3.8) is 0 Å². The molecule has 0 unspecified atom stereocenters. The average Bonchev–Trinajstić information content (AvgIpc) is 3.23. The van der Waals surface area contributed by atoms with E-state index in [1.165, 1.54) is 5.56 Å². The van der Waals surface area contributed by atoms with Gasteiger partial charge in [-0.15, -0.1) is 0 Å². The lowest BCUT2D eigenvalue weighted by atomic mass is 10.1. The maximum atomic E-state index is 13.0. The number of hydrogen-bond acceptors (Lipinski definition) is 4. The molecule has 0 N–H and O–H groups in total. The molecule has 5 rings (SSSR count). The summed E-state index contributed by atoms with van der Waals surface area (Å²) in [6.45, 7) is 3.74. The van der Waals surface area contributed by atoms with Gasteiger partial charge in [0.2, 0.25) is 5.91 Å². The monoisotopic (exact) mass is 434 g/mol. The Bertz CT molecular complexity index is 1160. The number of anilines is 1. The molecule has 158 valence electrons. The first-order valence-electron chi connectivity index (χ1n) is 10.5. The molecule has 3 aromatic rings. The van der Waals surface area contributed by atoms with Gasteiger partial charge in [0, 0.05) is 49.4 Å². The van der Waals surface area contributed by atoms with E-state index in [0.717, 1.165) is 29.6 Å². The lowest BCUT2D eigenvalue weighted by Crippen LogP contribution is -2.51. The number of piperazine rings is 1. The average molecular weight is 435 g/mol. The Kier molecular flexibility index (Phi) is 5.34. The second-order valence-electron chi connectivity index (χ2n) is 8.03. The van der Waals surface area contributed by atoms with Crippen LogP contribution in [0.2, 0.25) is 5.15 Å². The minimum absolute atomic E-state index is 0.0105. The Hall–Kier alpha value is -2.96. The van der Waals surface area contributed by atoms with Crippen LogP contribution in [0.1, 0.15) is 15.9 Å². The summed E-state index contributed by atoms with van der Waals surface area (Å²) < 4.78 is 0. The molecule has 2 aliphatic rings. The predicted octanol–water partition coefficient (Wildman–Crippen LogP) is 3.24. The van der Waals surface area contributed by atoms with Crippen LogP contribution in [0.25, 0.3) is 10.9 Å². The zero-order chi connectivity index (χ0) is 21.4. The van der Waals surface area contributed by atoms with E-state index in [4.69, 9.17) is 11.6 Å². The maximum absolute atomic E-state index is 13.0. The summed E-state index contributed by atoms with van der Waals surface area (Å²) in [5, 5.41) is 1.33. The number of hydrogen-bond donors (Lipinski definition) is 0. The molecule has 2 aliphatic heterocycles. The Morgan fingerprint density at radius 3 is 2.58 bits per heavy atom. The molecule has 0 saturated carbocycles. The first-order chi connectivity index (χ1) is 15.1. The van der Waals surface area contributed by atoms with E-state index >= 15 is 0 Å². The summed E-state index contributed by atoms with van der Waals surface area (Å²) in [5.74, 6) is 0.140. The topological polar surface area (TPSA) is 56.8 Å². The number of pyridine rings is 1. The van der Waals surface area contributed by atoms with Crippen molar-refractivity contribution in [2.45, 2.75) is 6.42 Å². The molecule has 3 heterocycles. The SMILES string of the molecule is O=C(c1ccc2nc(Cl)ccc2c1)N1CCN(CC(=O)N2CCc3ccccc32)CC1. The quantitative estimate of drug-likeness (QED) is 0.594. The van der Waals surface area contributed by atoms with Crippen LogP contribution in [0, 0.1) is 0 Å². The van der Waals surface area contributed by atoms with E-state index in [9.17, 15) is 9.59 Å². The second-order valence-corrected chi connectivity index (χ2v) is 8.42. The molecular weight excluding hydrogens is 412 g/mol. The molecule has 1 fully saturated rings. The van der Waals surface area contributed by atoms with Gasteiger partial charge in [-0.1, -0.05) is 29.8 Å². The summed E-state index contributed by atoms with van der Waals surface area (Å²) >= 11 is 5.94. The highest BCUT2D eigenvalue weighted by Crippen LogP contribution is 2.27. The van der Waals surface area contributed by atoms with Gasteiger partial charge in [0.25, 0.3) is 5.91 Å². The van der Waals surface area contributed by atoms with Crippen molar-refractivity contribution in [3.05, 3.63) is 70.9 Å². The van der Waals surface area contributed by atoms with Crippen molar-refractivity contribution in [2.75, 3.05) is 44.2 Å². The summed E-state index contributed by atoms with van der Waals surface area (Å²) in [4.78, 5) is 36.0. The molecule has 2 aromatic carbocycles. The van der Waals surface area contributed by atoms with Gasteiger partial charge in [0.15, 0.2) is 0 Å². The van der Waals surface area contributed by atoms with E-state index in [-0.39, 0.29) is 11.8 Å². The lowest BCUT2D eigenvalue weighted by Gasteiger charge is -2.35. The van der Waals surface area contributed by atoms with Gasteiger partial charge >= 0.3 is 0 Å².